The molecule has 0 fully saturated rings. The Morgan fingerprint density at radius 3 is 2.54 bits per heavy atom. The fourth-order valence-electron chi connectivity index (χ4n) is 1.73. The molecule has 0 aliphatic rings. The molecule has 1 heterocycles. The van der Waals surface area contributed by atoms with Crippen LogP contribution in [0.2, 0.25) is 0 Å². The van der Waals surface area contributed by atoms with E-state index in [2.05, 4.69) is 20.2 Å². The first-order chi connectivity index (χ1) is 12.0. The van der Waals surface area contributed by atoms with Crippen LogP contribution in [0.15, 0.2) is 40.5 Å². The number of benzene rings is 1. The minimum Gasteiger partial charge on any atom is -0.444 e. The molecule has 0 atom stereocenters. The highest BCUT2D eigenvalue weighted by Crippen LogP contribution is 2.18. The predicted octanol–water partition coefficient (Wildman–Crippen LogP) is 3.11. The molecule has 0 aliphatic heterocycles. The van der Waals surface area contributed by atoms with Crippen LogP contribution in [0.3, 0.4) is 0 Å². The highest BCUT2D eigenvalue weighted by molar-refractivity contribution is 7.89. The summed E-state index contributed by atoms with van der Waals surface area (Å²) in [6.45, 7) is 7.15. The van der Waals surface area contributed by atoms with Gasteiger partial charge in [-0.05, 0) is 39.8 Å². The highest BCUT2D eigenvalue weighted by atomic mass is 32.2. The number of ether oxygens (including phenoxy) is 1. The summed E-state index contributed by atoms with van der Waals surface area (Å²) in [5.41, 5.74) is 0.355. The number of thiazole rings is 1. The second kappa shape index (κ2) is 7.83. The lowest BCUT2D eigenvalue weighted by atomic mass is 10.2. The molecule has 0 bridgehead atoms. The van der Waals surface area contributed by atoms with Crippen LogP contribution < -0.4 is 10.1 Å². The van der Waals surface area contributed by atoms with Gasteiger partial charge < -0.3 is 4.74 Å². The molecule has 1 aromatic heterocycles. The van der Waals surface area contributed by atoms with Crippen LogP contribution >= 0.6 is 11.3 Å². The van der Waals surface area contributed by atoms with Crippen molar-refractivity contribution >= 4 is 38.7 Å². The minimum absolute atomic E-state index is 0.117. The van der Waals surface area contributed by atoms with Gasteiger partial charge in [0.2, 0.25) is 0 Å². The SMILES string of the molecule is Cc1ccc(S(=O)(=O)N/N=C/c2ncc(NC(=O)OC(C)(C)C)s2)cc1. The van der Waals surface area contributed by atoms with E-state index >= 15 is 0 Å². The Hall–Kier alpha value is -2.46. The third-order valence-corrected chi connectivity index (χ3v) is 4.91. The zero-order valence-corrected chi connectivity index (χ0v) is 16.4. The first-order valence-corrected chi connectivity index (χ1v) is 9.92. The zero-order chi connectivity index (χ0) is 19.4. The quantitative estimate of drug-likeness (QED) is 0.596. The first kappa shape index (κ1) is 19.9. The molecule has 1 aromatic carbocycles. The van der Waals surface area contributed by atoms with Crippen molar-refractivity contribution in [1.82, 2.24) is 9.82 Å². The van der Waals surface area contributed by atoms with Crippen molar-refractivity contribution in [3.8, 4) is 0 Å². The summed E-state index contributed by atoms with van der Waals surface area (Å²) in [5, 5.41) is 7.14. The van der Waals surface area contributed by atoms with Crippen molar-refractivity contribution in [3.05, 3.63) is 41.0 Å². The normalized spacial score (nSPS) is 12.2. The number of carbonyl (C=O) groups is 1. The van der Waals surface area contributed by atoms with E-state index in [9.17, 15) is 13.2 Å². The smallest absolute Gasteiger partial charge is 0.412 e. The van der Waals surface area contributed by atoms with Crippen LogP contribution in [0.1, 0.15) is 31.3 Å². The Morgan fingerprint density at radius 2 is 1.92 bits per heavy atom. The van der Waals surface area contributed by atoms with Gasteiger partial charge >= 0.3 is 6.09 Å². The summed E-state index contributed by atoms with van der Waals surface area (Å²) >= 11 is 1.13. The van der Waals surface area contributed by atoms with E-state index < -0.39 is 21.7 Å². The molecule has 8 nitrogen and oxygen atoms in total. The van der Waals surface area contributed by atoms with E-state index in [1.165, 1.54) is 24.5 Å². The molecule has 2 aromatic rings. The number of hydrazone groups is 1. The summed E-state index contributed by atoms with van der Waals surface area (Å²) in [6, 6.07) is 6.40. The van der Waals surface area contributed by atoms with Gasteiger partial charge in [-0.3, -0.25) is 5.32 Å². The van der Waals surface area contributed by atoms with Crippen molar-refractivity contribution in [2.45, 2.75) is 38.2 Å². The molecule has 0 saturated heterocycles. The molecule has 10 heteroatoms. The molecule has 26 heavy (non-hydrogen) atoms. The number of amides is 1. The number of aromatic nitrogens is 1. The molecule has 0 spiro atoms. The number of anilines is 1. The Bertz CT molecular complexity index is 897. The molecule has 0 radical (unpaired) electrons. The molecule has 2 N–H and O–H groups in total. The van der Waals surface area contributed by atoms with Crippen LogP contribution in [0.25, 0.3) is 0 Å². The van der Waals surface area contributed by atoms with E-state index in [4.69, 9.17) is 4.74 Å². The molecule has 1 amide bonds. The maximum absolute atomic E-state index is 12.1. The van der Waals surface area contributed by atoms with Crippen molar-refractivity contribution in [1.29, 1.82) is 0 Å². The van der Waals surface area contributed by atoms with Gasteiger partial charge in [0, 0.05) is 0 Å². The van der Waals surface area contributed by atoms with Crippen LogP contribution in [0, 0.1) is 6.92 Å². The van der Waals surface area contributed by atoms with Crippen molar-refractivity contribution in [2.75, 3.05) is 5.32 Å². The van der Waals surface area contributed by atoms with Crippen LogP contribution in [0.4, 0.5) is 9.80 Å². The summed E-state index contributed by atoms with van der Waals surface area (Å²) in [4.78, 5) is 18.0. The minimum atomic E-state index is -3.74. The van der Waals surface area contributed by atoms with Crippen LogP contribution in [-0.2, 0) is 14.8 Å². The van der Waals surface area contributed by atoms with Gasteiger partial charge in [0.05, 0.1) is 17.3 Å². The second-order valence-electron chi connectivity index (χ2n) is 6.36. The van der Waals surface area contributed by atoms with E-state index in [0.717, 1.165) is 16.9 Å². The lowest BCUT2D eigenvalue weighted by Crippen LogP contribution is -2.26. The molecule has 0 unspecified atom stereocenters. The summed E-state index contributed by atoms with van der Waals surface area (Å²) in [6.07, 6.45) is 2.10. The Labute approximate surface area is 156 Å². The number of sulfonamides is 1. The molecule has 0 saturated carbocycles. The van der Waals surface area contributed by atoms with E-state index in [1.54, 1.807) is 32.9 Å². The number of aryl methyl sites for hydroxylation is 1. The van der Waals surface area contributed by atoms with Gasteiger partial charge in [-0.25, -0.2) is 9.78 Å². The van der Waals surface area contributed by atoms with Gasteiger partial charge in [-0.15, -0.1) is 0 Å². The van der Waals surface area contributed by atoms with Gasteiger partial charge in [0.1, 0.15) is 15.6 Å². The van der Waals surface area contributed by atoms with E-state index in [0.29, 0.717) is 10.0 Å². The number of hydrogen-bond donors (Lipinski definition) is 2. The third kappa shape index (κ3) is 6.12. The number of hydrogen-bond acceptors (Lipinski definition) is 7. The van der Waals surface area contributed by atoms with Crippen molar-refractivity contribution in [3.63, 3.8) is 0 Å². The van der Waals surface area contributed by atoms with Gasteiger partial charge in [-0.2, -0.15) is 18.4 Å². The topological polar surface area (TPSA) is 110 Å². The summed E-state index contributed by atoms with van der Waals surface area (Å²) in [5.74, 6) is 0. The second-order valence-corrected chi connectivity index (χ2v) is 9.08. The number of nitrogens with one attached hydrogen (secondary N) is 2. The Balaban J connectivity index is 1.96. The fourth-order valence-corrected chi connectivity index (χ4v) is 3.20. The molecule has 0 aliphatic carbocycles. The van der Waals surface area contributed by atoms with Crippen LogP contribution in [-0.4, -0.2) is 31.3 Å². The number of carbonyl (C=O) groups excluding carboxylic acids is 1. The molecule has 140 valence electrons. The number of nitrogens with zero attached hydrogens (tertiary/aromatic N) is 2. The summed E-state index contributed by atoms with van der Waals surface area (Å²) < 4.78 is 29.3. The Kier molecular flexibility index (Phi) is 5.98. The molecular formula is C16H20N4O4S2. The first-order valence-electron chi connectivity index (χ1n) is 7.62. The lowest BCUT2D eigenvalue weighted by Gasteiger charge is -2.19. The fraction of sp³-hybridized carbons (Fsp3) is 0.312. The average molecular weight is 396 g/mol. The molecule has 2 rings (SSSR count). The zero-order valence-electron chi connectivity index (χ0n) is 14.8. The van der Waals surface area contributed by atoms with Crippen molar-refractivity contribution < 1.29 is 17.9 Å². The average Bonchev–Trinajstić information content (AvgIpc) is 2.92. The lowest BCUT2D eigenvalue weighted by molar-refractivity contribution is 0.0636. The third-order valence-electron chi connectivity index (χ3n) is 2.83. The largest absolute Gasteiger partial charge is 0.444 e. The predicted molar refractivity (Wildman–Crippen MR) is 101 cm³/mol. The van der Waals surface area contributed by atoms with E-state index in [1.807, 2.05) is 6.92 Å². The Morgan fingerprint density at radius 1 is 1.27 bits per heavy atom. The van der Waals surface area contributed by atoms with Gasteiger partial charge in [0.15, 0.2) is 0 Å². The van der Waals surface area contributed by atoms with Gasteiger partial charge in [-0.1, -0.05) is 29.0 Å². The summed E-state index contributed by atoms with van der Waals surface area (Å²) in [7, 11) is -3.74. The monoisotopic (exact) mass is 396 g/mol. The van der Waals surface area contributed by atoms with Crippen LogP contribution in [0.5, 0.6) is 0 Å². The number of rotatable bonds is 5. The molecular weight excluding hydrogens is 376 g/mol. The maximum atomic E-state index is 12.1. The standard InChI is InChI=1S/C16H20N4O4S2/c1-11-5-7-12(8-6-11)26(22,23)20-18-10-13-17-9-14(25-13)19-15(21)24-16(2,3)4/h5-10,20H,1-4H3,(H,19,21)/b18-10+. The van der Waals surface area contributed by atoms with E-state index in [-0.39, 0.29) is 4.90 Å². The van der Waals surface area contributed by atoms with Gasteiger partial charge in [0.25, 0.3) is 10.0 Å². The van der Waals surface area contributed by atoms with Crippen molar-refractivity contribution in [2.24, 2.45) is 5.10 Å². The maximum Gasteiger partial charge on any atom is 0.412 e. The highest BCUT2D eigenvalue weighted by Gasteiger charge is 2.17.